The summed E-state index contributed by atoms with van der Waals surface area (Å²) < 4.78 is 10.5. The van der Waals surface area contributed by atoms with Gasteiger partial charge in [-0.3, -0.25) is 0 Å². The molecule has 0 amide bonds. The lowest BCUT2D eigenvalue weighted by molar-refractivity contribution is 0.0733. The SMILES string of the molecule is COC(C)CNCCC1COCCN1. The Balaban J connectivity index is 1.92. The van der Waals surface area contributed by atoms with E-state index in [0.29, 0.717) is 12.1 Å². The molecule has 2 N–H and O–H groups in total. The third-order valence-electron chi connectivity index (χ3n) is 2.50. The van der Waals surface area contributed by atoms with Crippen molar-refractivity contribution in [1.82, 2.24) is 10.6 Å². The Kier molecular flexibility index (Phi) is 6.10. The van der Waals surface area contributed by atoms with E-state index in [9.17, 15) is 0 Å². The Bertz CT molecular complexity index is 138. The Hall–Kier alpha value is -0.160. The Morgan fingerprint density at radius 3 is 3.14 bits per heavy atom. The maximum Gasteiger partial charge on any atom is 0.0667 e. The van der Waals surface area contributed by atoms with Crippen molar-refractivity contribution in [2.75, 3.05) is 40.0 Å². The molecule has 0 aliphatic carbocycles. The van der Waals surface area contributed by atoms with Crippen LogP contribution in [-0.4, -0.2) is 52.1 Å². The highest BCUT2D eigenvalue weighted by Crippen LogP contribution is 1.96. The standard InChI is InChI=1S/C10H22N2O2/c1-9(13-2)7-11-4-3-10-8-14-6-5-12-10/h9-12H,3-8H2,1-2H3. The topological polar surface area (TPSA) is 42.5 Å². The number of hydrogen-bond donors (Lipinski definition) is 2. The first kappa shape index (κ1) is 11.9. The van der Waals surface area contributed by atoms with Gasteiger partial charge in [-0.05, 0) is 19.9 Å². The molecule has 14 heavy (non-hydrogen) atoms. The van der Waals surface area contributed by atoms with E-state index in [-0.39, 0.29) is 0 Å². The molecular weight excluding hydrogens is 180 g/mol. The molecule has 0 saturated carbocycles. The number of hydrogen-bond acceptors (Lipinski definition) is 4. The molecule has 4 heteroatoms. The molecule has 0 aromatic heterocycles. The summed E-state index contributed by atoms with van der Waals surface area (Å²) in [4.78, 5) is 0. The van der Waals surface area contributed by atoms with Gasteiger partial charge < -0.3 is 20.1 Å². The first-order valence-corrected chi connectivity index (χ1v) is 5.37. The van der Waals surface area contributed by atoms with Crippen molar-refractivity contribution in [3.8, 4) is 0 Å². The van der Waals surface area contributed by atoms with Crippen LogP contribution in [0.3, 0.4) is 0 Å². The third kappa shape index (κ3) is 4.91. The van der Waals surface area contributed by atoms with Crippen LogP contribution >= 0.6 is 0 Å². The molecule has 1 rings (SSSR count). The van der Waals surface area contributed by atoms with Gasteiger partial charge >= 0.3 is 0 Å². The summed E-state index contributed by atoms with van der Waals surface area (Å²) in [7, 11) is 1.74. The lowest BCUT2D eigenvalue weighted by atomic mass is 10.2. The fraction of sp³-hybridized carbons (Fsp3) is 1.00. The van der Waals surface area contributed by atoms with Crippen molar-refractivity contribution in [2.24, 2.45) is 0 Å². The fourth-order valence-electron chi connectivity index (χ4n) is 1.47. The van der Waals surface area contributed by atoms with Gasteiger partial charge in [0.2, 0.25) is 0 Å². The Morgan fingerprint density at radius 1 is 1.64 bits per heavy atom. The van der Waals surface area contributed by atoms with Gasteiger partial charge in [-0.25, -0.2) is 0 Å². The third-order valence-corrected chi connectivity index (χ3v) is 2.50. The maximum atomic E-state index is 5.37. The largest absolute Gasteiger partial charge is 0.380 e. The summed E-state index contributed by atoms with van der Waals surface area (Å²) in [5, 5.41) is 6.79. The van der Waals surface area contributed by atoms with Crippen LogP contribution in [0, 0.1) is 0 Å². The average Bonchev–Trinajstić information content (AvgIpc) is 2.25. The van der Waals surface area contributed by atoms with Crippen LogP contribution in [0.5, 0.6) is 0 Å². The minimum Gasteiger partial charge on any atom is -0.380 e. The highest BCUT2D eigenvalue weighted by atomic mass is 16.5. The smallest absolute Gasteiger partial charge is 0.0667 e. The summed E-state index contributed by atoms with van der Waals surface area (Å²) in [6.45, 7) is 6.69. The molecule has 1 fully saturated rings. The summed E-state index contributed by atoms with van der Waals surface area (Å²) >= 11 is 0. The molecule has 0 radical (unpaired) electrons. The Morgan fingerprint density at radius 2 is 2.50 bits per heavy atom. The van der Waals surface area contributed by atoms with Gasteiger partial charge in [-0.1, -0.05) is 0 Å². The zero-order valence-corrected chi connectivity index (χ0v) is 9.21. The highest BCUT2D eigenvalue weighted by molar-refractivity contribution is 4.71. The normalized spacial score (nSPS) is 24.9. The zero-order valence-electron chi connectivity index (χ0n) is 9.21. The van der Waals surface area contributed by atoms with Crippen LogP contribution in [0.25, 0.3) is 0 Å². The average molecular weight is 202 g/mol. The van der Waals surface area contributed by atoms with Gasteiger partial charge in [0.1, 0.15) is 0 Å². The van der Waals surface area contributed by atoms with Crippen molar-refractivity contribution in [1.29, 1.82) is 0 Å². The lowest BCUT2D eigenvalue weighted by Gasteiger charge is -2.24. The van der Waals surface area contributed by atoms with Crippen molar-refractivity contribution in [3.63, 3.8) is 0 Å². The van der Waals surface area contributed by atoms with Gasteiger partial charge in [0.15, 0.2) is 0 Å². The highest BCUT2D eigenvalue weighted by Gasteiger charge is 2.11. The number of ether oxygens (including phenoxy) is 2. The monoisotopic (exact) mass is 202 g/mol. The molecule has 2 atom stereocenters. The molecule has 0 bridgehead atoms. The summed E-state index contributed by atoms with van der Waals surface area (Å²) in [6, 6.07) is 0.522. The first-order chi connectivity index (χ1) is 6.83. The summed E-state index contributed by atoms with van der Waals surface area (Å²) in [5.74, 6) is 0. The van der Waals surface area contributed by atoms with Gasteiger partial charge in [-0.15, -0.1) is 0 Å². The van der Waals surface area contributed by atoms with Crippen molar-refractivity contribution >= 4 is 0 Å². The number of morpholine rings is 1. The van der Waals surface area contributed by atoms with E-state index in [1.807, 2.05) is 0 Å². The van der Waals surface area contributed by atoms with E-state index in [4.69, 9.17) is 9.47 Å². The van der Waals surface area contributed by atoms with Crippen LogP contribution in [0.4, 0.5) is 0 Å². The van der Waals surface area contributed by atoms with Crippen molar-refractivity contribution < 1.29 is 9.47 Å². The fourth-order valence-corrected chi connectivity index (χ4v) is 1.47. The number of nitrogens with one attached hydrogen (secondary N) is 2. The maximum absolute atomic E-state index is 5.37. The van der Waals surface area contributed by atoms with Crippen LogP contribution in [0.2, 0.25) is 0 Å². The van der Waals surface area contributed by atoms with E-state index in [1.165, 1.54) is 0 Å². The van der Waals surface area contributed by atoms with E-state index in [1.54, 1.807) is 7.11 Å². The minimum atomic E-state index is 0.297. The van der Waals surface area contributed by atoms with Gasteiger partial charge in [0.05, 0.1) is 19.3 Å². The second-order valence-electron chi connectivity index (χ2n) is 3.77. The predicted octanol–water partition coefficient (Wildman–Crippen LogP) is -0.0106. The molecule has 1 aliphatic heterocycles. The second kappa shape index (κ2) is 7.17. The van der Waals surface area contributed by atoms with Crippen LogP contribution in [0.1, 0.15) is 13.3 Å². The molecule has 84 valence electrons. The van der Waals surface area contributed by atoms with Crippen LogP contribution in [0.15, 0.2) is 0 Å². The molecule has 0 spiro atoms. The molecular formula is C10H22N2O2. The zero-order chi connectivity index (χ0) is 10.2. The van der Waals surface area contributed by atoms with Crippen molar-refractivity contribution in [3.05, 3.63) is 0 Å². The van der Waals surface area contributed by atoms with E-state index in [2.05, 4.69) is 17.6 Å². The molecule has 2 unspecified atom stereocenters. The van der Waals surface area contributed by atoms with Crippen LogP contribution in [-0.2, 0) is 9.47 Å². The van der Waals surface area contributed by atoms with Crippen LogP contribution < -0.4 is 10.6 Å². The second-order valence-corrected chi connectivity index (χ2v) is 3.77. The number of rotatable bonds is 6. The number of methoxy groups -OCH3 is 1. The minimum absolute atomic E-state index is 0.297. The van der Waals surface area contributed by atoms with Gasteiger partial charge in [-0.2, -0.15) is 0 Å². The molecule has 0 aromatic carbocycles. The van der Waals surface area contributed by atoms with E-state index in [0.717, 1.165) is 39.3 Å². The molecule has 4 nitrogen and oxygen atoms in total. The lowest BCUT2D eigenvalue weighted by Crippen LogP contribution is -2.43. The summed E-state index contributed by atoms with van der Waals surface area (Å²) in [5.41, 5.74) is 0. The van der Waals surface area contributed by atoms with Crippen molar-refractivity contribution in [2.45, 2.75) is 25.5 Å². The van der Waals surface area contributed by atoms with Gasteiger partial charge in [0, 0.05) is 26.2 Å². The quantitative estimate of drug-likeness (QED) is 0.595. The molecule has 0 aromatic rings. The predicted molar refractivity (Wildman–Crippen MR) is 56.6 cm³/mol. The first-order valence-electron chi connectivity index (χ1n) is 5.37. The summed E-state index contributed by atoms with van der Waals surface area (Å²) in [6.07, 6.45) is 1.42. The molecule has 1 saturated heterocycles. The van der Waals surface area contributed by atoms with Gasteiger partial charge in [0.25, 0.3) is 0 Å². The molecule has 1 heterocycles. The van der Waals surface area contributed by atoms with E-state index < -0.39 is 0 Å². The Labute approximate surface area is 86.3 Å². The molecule has 1 aliphatic rings. The van der Waals surface area contributed by atoms with E-state index >= 15 is 0 Å².